The monoisotopic (exact) mass is 353 g/mol. The second-order valence-electron chi connectivity index (χ2n) is 4.92. The molecule has 24 heavy (non-hydrogen) atoms. The lowest BCUT2D eigenvalue weighted by atomic mass is 10.2. The first-order chi connectivity index (χ1) is 11.4. The van der Waals surface area contributed by atoms with Crippen LogP contribution in [-0.2, 0) is 12.8 Å². The molecule has 8 heteroatoms. The summed E-state index contributed by atoms with van der Waals surface area (Å²) in [4.78, 5) is 3.74. The summed E-state index contributed by atoms with van der Waals surface area (Å²) in [6.07, 6.45) is -0.834. The van der Waals surface area contributed by atoms with E-state index in [0.29, 0.717) is 18.6 Å². The molecule has 4 nitrogen and oxygen atoms in total. The van der Waals surface area contributed by atoms with Gasteiger partial charge in [0.15, 0.2) is 11.6 Å². The molecule has 2 heterocycles. The highest BCUT2D eigenvalue weighted by molar-refractivity contribution is 6.32. The van der Waals surface area contributed by atoms with Gasteiger partial charge in [0.1, 0.15) is 6.61 Å². The molecule has 0 atom stereocenters. The van der Waals surface area contributed by atoms with Gasteiger partial charge < -0.3 is 4.74 Å². The third kappa shape index (κ3) is 3.68. The van der Waals surface area contributed by atoms with Gasteiger partial charge in [-0.3, -0.25) is 0 Å². The minimum Gasteiger partial charge on any atom is -0.486 e. The predicted molar refractivity (Wildman–Crippen MR) is 82.1 cm³/mol. The molecule has 0 saturated heterocycles. The zero-order chi connectivity index (χ0) is 17.2. The van der Waals surface area contributed by atoms with E-state index in [1.807, 2.05) is 30.3 Å². The van der Waals surface area contributed by atoms with Crippen LogP contribution in [0.25, 0.3) is 5.82 Å². The van der Waals surface area contributed by atoms with E-state index >= 15 is 0 Å². The molecule has 124 valence electrons. The van der Waals surface area contributed by atoms with Crippen LogP contribution in [0.2, 0.25) is 5.02 Å². The molecule has 0 amide bonds. The van der Waals surface area contributed by atoms with Crippen LogP contribution in [0.1, 0.15) is 11.1 Å². The van der Waals surface area contributed by atoms with Gasteiger partial charge in [0, 0.05) is 6.20 Å². The summed E-state index contributed by atoms with van der Waals surface area (Å²) in [5, 5.41) is 3.86. The van der Waals surface area contributed by atoms with Gasteiger partial charge in [-0.1, -0.05) is 41.9 Å². The summed E-state index contributed by atoms with van der Waals surface area (Å²) >= 11 is 5.89. The van der Waals surface area contributed by atoms with Crippen molar-refractivity contribution in [3.63, 3.8) is 0 Å². The number of hydrogen-bond acceptors (Lipinski definition) is 3. The Bertz CT molecular complexity index is 834. The van der Waals surface area contributed by atoms with Gasteiger partial charge >= 0.3 is 6.18 Å². The van der Waals surface area contributed by atoms with E-state index in [-0.39, 0.29) is 10.8 Å². The van der Waals surface area contributed by atoms with Crippen LogP contribution >= 0.6 is 11.6 Å². The SMILES string of the molecule is FC(F)(F)c1cnc(-n2cc(OCc3ccccc3)cn2)c(Cl)c1. The molecule has 2 aromatic heterocycles. The molecular formula is C16H11ClF3N3O. The highest BCUT2D eigenvalue weighted by Crippen LogP contribution is 2.32. The zero-order valence-corrected chi connectivity index (χ0v) is 12.9. The maximum Gasteiger partial charge on any atom is 0.417 e. The molecule has 3 rings (SSSR count). The standard InChI is InChI=1S/C16H11ClF3N3O/c17-14-6-12(16(18,19)20)7-21-15(14)23-9-13(8-22-23)24-10-11-4-2-1-3-5-11/h1-9H,10H2. The molecule has 0 fully saturated rings. The van der Waals surface area contributed by atoms with Crippen molar-refractivity contribution in [2.45, 2.75) is 12.8 Å². The number of halogens is 4. The van der Waals surface area contributed by atoms with Crippen LogP contribution in [-0.4, -0.2) is 14.8 Å². The van der Waals surface area contributed by atoms with Crippen molar-refractivity contribution in [2.75, 3.05) is 0 Å². The molecule has 0 radical (unpaired) electrons. The maximum absolute atomic E-state index is 12.6. The van der Waals surface area contributed by atoms with Gasteiger partial charge in [0.2, 0.25) is 0 Å². The van der Waals surface area contributed by atoms with Crippen molar-refractivity contribution in [1.29, 1.82) is 0 Å². The summed E-state index contributed by atoms with van der Waals surface area (Å²) in [7, 11) is 0. The average Bonchev–Trinajstić information content (AvgIpc) is 3.01. The fraction of sp³-hybridized carbons (Fsp3) is 0.125. The molecular weight excluding hydrogens is 343 g/mol. The summed E-state index contributed by atoms with van der Waals surface area (Å²) in [5.74, 6) is 0.552. The summed E-state index contributed by atoms with van der Waals surface area (Å²) in [5.41, 5.74) is 0.0693. The number of pyridine rings is 1. The number of rotatable bonds is 4. The highest BCUT2D eigenvalue weighted by Gasteiger charge is 2.31. The van der Waals surface area contributed by atoms with Crippen LogP contribution in [0.15, 0.2) is 55.0 Å². The van der Waals surface area contributed by atoms with E-state index < -0.39 is 11.7 Å². The van der Waals surface area contributed by atoms with Crippen molar-refractivity contribution in [3.05, 3.63) is 71.1 Å². The van der Waals surface area contributed by atoms with Gasteiger partial charge in [0.05, 0.1) is 23.0 Å². The van der Waals surface area contributed by atoms with Gasteiger partial charge in [0.25, 0.3) is 0 Å². The Kier molecular flexibility index (Phi) is 4.44. The normalized spacial score (nSPS) is 11.5. The van der Waals surface area contributed by atoms with Crippen LogP contribution in [0.4, 0.5) is 13.2 Å². The second-order valence-corrected chi connectivity index (χ2v) is 5.33. The molecule has 0 aliphatic rings. The Balaban J connectivity index is 1.76. The molecule has 1 aromatic carbocycles. The van der Waals surface area contributed by atoms with Gasteiger partial charge in [-0.15, -0.1) is 0 Å². The van der Waals surface area contributed by atoms with Crippen LogP contribution in [0.3, 0.4) is 0 Å². The molecule has 0 spiro atoms. The molecule has 0 aliphatic heterocycles. The first-order valence-electron chi connectivity index (χ1n) is 6.88. The van der Waals surface area contributed by atoms with E-state index in [4.69, 9.17) is 16.3 Å². The first kappa shape index (κ1) is 16.3. The smallest absolute Gasteiger partial charge is 0.417 e. The molecule has 3 aromatic rings. The molecule has 0 saturated carbocycles. The Labute approximate surface area is 140 Å². The van der Waals surface area contributed by atoms with Crippen LogP contribution in [0, 0.1) is 0 Å². The van der Waals surface area contributed by atoms with Crippen molar-refractivity contribution in [3.8, 4) is 11.6 Å². The quantitative estimate of drug-likeness (QED) is 0.692. The van der Waals surface area contributed by atoms with E-state index in [9.17, 15) is 13.2 Å². The summed E-state index contributed by atoms with van der Waals surface area (Å²) < 4.78 is 44.7. The van der Waals surface area contributed by atoms with Crippen molar-refractivity contribution in [1.82, 2.24) is 14.8 Å². The van der Waals surface area contributed by atoms with Crippen molar-refractivity contribution >= 4 is 11.6 Å². The highest BCUT2D eigenvalue weighted by atomic mass is 35.5. The second kappa shape index (κ2) is 6.52. The zero-order valence-electron chi connectivity index (χ0n) is 12.2. The number of nitrogens with zero attached hydrogens (tertiary/aromatic N) is 3. The Hall–Kier alpha value is -2.54. The van der Waals surface area contributed by atoms with Crippen molar-refractivity contribution < 1.29 is 17.9 Å². The first-order valence-corrected chi connectivity index (χ1v) is 7.26. The van der Waals surface area contributed by atoms with Crippen LogP contribution in [0.5, 0.6) is 5.75 Å². The van der Waals surface area contributed by atoms with E-state index in [2.05, 4.69) is 10.1 Å². The number of hydrogen-bond donors (Lipinski definition) is 0. The number of alkyl halides is 3. The summed E-state index contributed by atoms with van der Waals surface area (Å²) in [6.45, 7) is 0.348. The maximum atomic E-state index is 12.6. The van der Waals surface area contributed by atoms with E-state index in [1.165, 1.54) is 17.1 Å². The lowest BCUT2D eigenvalue weighted by molar-refractivity contribution is -0.137. The average molecular weight is 354 g/mol. The minimum absolute atomic E-state index is 0.0965. The molecule has 0 N–H and O–H groups in total. The van der Waals surface area contributed by atoms with Gasteiger partial charge in [-0.05, 0) is 11.6 Å². The number of aromatic nitrogens is 3. The predicted octanol–water partition coefficient (Wildman–Crippen LogP) is 4.52. The molecule has 0 aliphatic carbocycles. The lowest BCUT2D eigenvalue weighted by Crippen LogP contribution is -2.07. The van der Waals surface area contributed by atoms with Gasteiger partial charge in [-0.2, -0.15) is 18.3 Å². The minimum atomic E-state index is -4.50. The van der Waals surface area contributed by atoms with Crippen molar-refractivity contribution in [2.24, 2.45) is 0 Å². The third-order valence-corrected chi connectivity index (χ3v) is 3.45. The lowest BCUT2D eigenvalue weighted by Gasteiger charge is -2.08. The number of benzene rings is 1. The Morgan fingerprint density at radius 3 is 2.54 bits per heavy atom. The molecule has 0 unspecified atom stereocenters. The fourth-order valence-electron chi connectivity index (χ4n) is 1.99. The van der Waals surface area contributed by atoms with Gasteiger partial charge in [-0.25, -0.2) is 9.67 Å². The van der Waals surface area contributed by atoms with E-state index in [1.54, 1.807) is 0 Å². The third-order valence-electron chi connectivity index (χ3n) is 3.17. The van der Waals surface area contributed by atoms with E-state index in [0.717, 1.165) is 11.6 Å². The molecule has 0 bridgehead atoms. The topological polar surface area (TPSA) is 39.9 Å². The largest absolute Gasteiger partial charge is 0.486 e. The summed E-state index contributed by atoms with van der Waals surface area (Å²) in [6, 6.07) is 10.3. The number of ether oxygens (including phenoxy) is 1. The fourth-order valence-corrected chi connectivity index (χ4v) is 2.24. The Morgan fingerprint density at radius 1 is 1.12 bits per heavy atom. The van der Waals surface area contributed by atoms with Crippen LogP contribution < -0.4 is 4.74 Å². The Morgan fingerprint density at radius 2 is 1.88 bits per heavy atom.